The molecule has 0 saturated heterocycles. The highest BCUT2D eigenvalue weighted by Gasteiger charge is 2.07. The van der Waals surface area contributed by atoms with E-state index in [4.69, 9.17) is 11.6 Å². The number of hydrogen-bond acceptors (Lipinski definition) is 3. The second kappa shape index (κ2) is 2.79. The SMILES string of the molecule is CS(=O)(=O)c1[c]c(Cl)cnc1. The van der Waals surface area contributed by atoms with Crippen LogP contribution in [0.1, 0.15) is 0 Å². The predicted octanol–water partition coefficient (Wildman–Crippen LogP) is 0.939. The van der Waals surface area contributed by atoms with E-state index in [2.05, 4.69) is 11.1 Å². The summed E-state index contributed by atoms with van der Waals surface area (Å²) in [5, 5.41) is 0.202. The highest BCUT2D eigenvalue weighted by Crippen LogP contribution is 2.11. The quantitative estimate of drug-likeness (QED) is 0.662. The number of sulfone groups is 1. The van der Waals surface area contributed by atoms with Crippen molar-refractivity contribution >= 4 is 21.4 Å². The molecule has 0 aliphatic carbocycles. The van der Waals surface area contributed by atoms with E-state index in [1.165, 1.54) is 12.4 Å². The summed E-state index contributed by atoms with van der Waals surface area (Å²) in [6, 6.07) is 2.46. The standard InChI is InChI=1S/C6H5ClNO2S/c1-11(9,10)6-2-5(7)3-8-4-6/h3-4H,1H3. The first-order chi connectivity index (χ1) is 5.00. The average Bonchev–Trinajstić information content (AvgIpc) is 1.86. The third-order valence-electron chi connectivity index (χ3n) is 1.02. The van der Waals surface area contributed by atoms with Gasteiger partial charge in [0.1, 0.15) is 0 Å². The van der Waals surface area contributed by atoms with Crippen LogP contribution in [-0.4, -0.2) is 19.7 Å². The maximum Gasteiger partial charge on any atom is 0.177 e. The maximum atomic E-state index is 10.9. The first-order valence-corrected chi connectivity index (χ1v) is 5.00. The van der Waals surface area contributed by atoms with Crippen molar-refractivity contribution in [2.45, 2.75) is 4.90 Å². The largest absolute Gasteiger partial charge is 0.262 e. The lowest BCUT2D eigenvalue weighted by molar-refractivity contribution is 0.601. The van der Waals surface area contributed by atoms with E-state index in [0.717, 1.165) is 6.26 Å². The van der Waals surface area contributed by atoms with Gasteiger partial charge in [-0.25, -0.2) is 8.42 Å². The van der Waals surface area contributed by atoms with Crippen molar-refractivity contribution < 1.29 is 8.42 Å². The van der Waals surface area contributed by atoms with E-state index in [1.54, 1.807) is 0 Å². The zero-order valence-corrected chi connectivity index (χ0v) is 7.28. The Kier molecular flexibility index (Phi) is 2.15. The number of nitrogens with zero attached hydrogens (tertiary/aromatic N) is 1. The average molecular weight is 191 g/mol. The van der Waals surface area contributed by atoms with Crippen LogP contribution in [0.2, 0.25) is 5.02 Å². The van der Waals surface area contributed by atoms with Crippen molar-refractivity contribution in [1.82, 2.24) is 4.98 Å². The van der Waals surface area contributed by atoms with Gasteiger partial charge in [-0.1, -0.05) is 11.6 Å². The van der Waals surface area contributed by atoms with Crippen LogP contribution in [0, 0.1) is 6.07 Å². The Labute approximate surface area is 69.9 Å². The van der Waals surface area contributed by atoms with Gasteiger partial charge in [0.15, 0.2) is 9.84 Å². The molecule has 1 rings (SSSR count). The molecule has 0 spiro atoms. The molecule has 1 aromatic rings. The molecule has 0 aliphatic heterocycles. The molecule has 0 saturated carbocycles. The van der Waals surface area contributed by atoms with Crippen LogP contribution in [0.3, 0.4) is 0 Å². The number of aromatic nitrogens is 1. The van der Waals surface area contributed by atoms with Gasteiger partial charge in [-0.2, -0.15) is 0 Å². The van der Waals surface area contributed by atoms with Crippen LogP contribution in [0.25, 0.3) is 0 Å². The van der Waals surface area contributed by atoms with Gasteiger partial charge in [0.2, 0.25) is 0 Å². The Bertz CT molecular complexity index is 361. The molecule has 0 aromatic carbocycles. The van der Waals surface area contributed by atoms with Gasteiger partial charge in [0, 0.05) is 24.7 Å². The smallest absolute Gasteiger partial charge is 0.177 e. The minimum atomic E-state index is -3.23. The van der Waals surface area contributed by atoms with Crippen LogP contribution in [-0.2, 0) is 9.84 Å². The Morgan fingerprint density at radius 2 is 2.18 bits per heavy atom. The summed E-state index contributed by atoms with van der Waals surface area (Å²) >= 11 is 5.47. The van der Waals surface area contributed by atoms with E-state index < -0.39 is 9.84 Å². The topological polar surface area (TPSA) is 47.0 Å². The molecule has 59 valence electrons. The lowest BCUT2D eigenvalue weighted by Crippen LogP contribution is -1.97. The van der Waals surface area contributed by atoms with Crippen molar-refractivity contribution in [1.29, 1.82) is 0 Å². The Hall–Kier alpha value is -0.610. The lowest BCUT2D eigenvalue weighted by Gasteiger charge is -1.94. The van der Waals surface area contributed by atoms with Crippen molar-refractivity contribution in [2.75, 3.05) is 6.26 Å². The van der Waals surface area contributed by atoms with Crippen LogP contribution in [0.15, 0.2) is 17.3 Å². The number of halogens is 1. The van der Waals surface area contributed by atoms with Gasteiger partial charge in [-0.15, -0.1) is 0 Å². The molecule has 0 atom stereocenters. The molecule has 0 N–H and O–H groups in total. The van der Waals surface area contributed by atoms with Crippen LogP contribution < -0.4 is 0 Å². The molecule has 0 fully saturated rings. The fraction of sp³-hybridized carbons (Fsp3) is 0.167. The Morgan fingerprint density at radius 1 is 1.55 bits per heavy atom. The predicted molar refractivity (Wildman–Crippen MR) is 41.2 cm³/mol. The van der Waals surface area contributed by atoms with E-state index in [0.29, 0.717) is 0 Å². The molecule has 3 nitrogen and oxygen atoms in total. The molecule has 1 heterocycles. The van der Waals surface area contributed by atoms with Crippen LogP contribution >= 0.6 is 11.6 Å². The molecule has 5 heteroatoms. The van der Waals surface area contributed by atoms with Gasteiger partial charge in [-0.3, -0.25) is 4.98 Å². The third-order valence-corrected chi connectivity index (χ3v) is 2.22. The van der Waals surface area contributed by atoms with Crippen molar-refractivity contribution in [3.05, 3.63) is 23.5 Å². The summed E-state index contributed by atoms with van der Waals surface area (Å²) in [5.74, 6) is 0. The lowest BCUT2D eigenvalue weighted by atomic mass is 10.5. The molecule has 0 aliphatic rings. The molecule has 0 amide bonds. The minimum absolute atomic E-state index is 0.0185. The zero-order valence-electron chi connectivity index (χ0n) is 5.70. The second-order valence-electron chi connectivity index (χ2n) is 2.02. The van der Waals surface area contributed by atoms with E-state index in [-0.39, 0.29) is 9.92 Å². The summed E-state index contributed by atoms with van der Waals surface area (Å²) < 4.78 is 21.7. The fourth-order valence-corrected chi connectivity index (χ4v) is 1.30. The van der Waals surface area contributed by atoms with Crippen LogP contribution in [0.5, 0.6) is 0 Å². The van der Waals surface area contributed by atoms with Gasteiger partial charge in [0.05, 0.1) is 9.92 Å². The third kappa shape index (κ3) is 2.17. The van der Waals surface area contributed by atoms with Gasteiger partial charge >= 0.3 is 0 Å². The molecular formula is C6H5ClNO2S. The molecule has 1 radical (unpaired) electrons. The van der Waals surface area contributed by atoms with Gasteiger partial charge in [0.25, 0.3) is 0 Å². The summed E-state index contributed by atoms with van der Waals surface area (Å²) in [7, 11) is -3.23. The number of pyridine rings is 1. The summed E-state index contributed by atoms with van der Waals surface area (Å²) in [4.78, 5) is 3.63. The van der Waals surface area contributed by atoms with Crippen LogP contribution in [0.4, 0.5) is 0 Å². The maximum absolute atomic E-state index is 10.9. The molecule has 11 heavy (non-hydrogen) atoms. The molecule has 0 bridgehead atoms. The molecular weight excluding hydrogens is 186 g/mol. The van der Waals surface area contributed by atoms with Crippen molar-refractivity contribution in [3.8, 4) is 0 Å². The molecule has 0 unspecified atom stereocenters. The summed E-state index contributed by atoms with van der Waals surface area (Å²) in [5.41, 5.74) is 0. The minimum Gasteiger partial charge on any atom is -0.262 e. The van der Waals surface area contributed by atoms with Crippen molar-refractivity contribution in [3.63, 3.8) is 0 Å². The second-order valence-corrected chi connectivity index (χ2v) is 4.41. The van der Waals surface area contributed by atoms with E-state index in [1.807, 2.05) is 0 Å². The Balaban J connectivity index is 3.28. The summed E-state index contributed by atoms with van der Waals surface area (Å²) in [6.45, 7) is 0. The highest BCUT2D eigenvalue weighted by atomic mass is 35.5. The summed E-state index contributed by atoms with van der Waals surface area (Å²) in [6.07, 6.45) is 3.62. The number of rotatable bonds is 1. The first-order valence-electron chi connectivity index (χ1n) is 2.73. The zero-order chi connectivity index (χ0) is 8.48. The normalized spacial score (nSPS) is 11.5. The van der Waals surface area contributed by atoms with Gasteiger partial charge < -0.3 is 0 Å². The van der Waals surface area contributed by atoms with Gasteiger partial charge in [-0.05, 0) is 0 Å². The highest BCUT2D eigenvalue weighted by molar-refractivity contribution is 7.90. The monoisotopic (exact) mass is 190 g/mol. The fourth-order valence-electron chi connectivity index (χ4n) is 0.541. The number of hydrogen-bond donors (Lipinski definition) is 0. The molecule has 1 aromatic heterocycles. The Morgan fingerprint density at radius 3 is 2.55 bits per heavy atom. The van der Waals surface area contributed by atoms with E-state index >= 15 is 0 Å². The van der Waals surface area contributed by atoms with Crippen molar-refractivity contribution in [2.24, 2.45) is 0 Å². The first kappa shape index (κ1) is 8.49. The van der Waals surface area contributed by atoms with E-state index in [9.17, 15) is 8.42 Å².